The molecule has 1 heterocycles. The lowest BCUT2D eigenvalue weighted by atomic mass is 10.2. The molecular weight excluding hydrogens is 274 g/mol. The van der Waals surface area contributed by atoms with Crippen molar-refractivity contribution in [1.29, 1.82) is 0 Å². The van der Waals surface area contributed by atoms with Crippen molar-refractivity contribution in [2.24, 2.45) is 0 Å². The Morgan fingerprint density at radius 1 is 1.40 bits per heavy atom. The van der Waals surface area contributed by atoms with E-state index in [0.29, 0.717) is 6.07 Å². The lowest BCUT2D eigenvalue weighted by molar-refractivity contribution is 0.0695. The van der Waals surface area contributed by atoms with Crippen LogP contribution in [0.1, 0.15) is 29.2 Å². The fourth-order valence-electron chi connectivity index (χ4n) is 2.24. The molecular formula is C13H9F2NO4. The van der Waals surface area contributed by atoms with Crippen molar-refractivity contribution in [3.8, 4) is 5.75 Å². The van der Waals surface area contributed by atoms with Crippen molar-refractivity contribution < 1.29 is 23.8 Å². The van der Waals surface area contributed by atoms with Crippen LogP contribution in [0.4, 0.5) is 8.78 Å². The maximum absolute atomic E-state index is 13.5. The highest BCUT2D eigenvalue weighted by Gasteiger charge is 2.29. The predicted molar refractivity (Wildman–Crippen MR) is 65.0 cm³/mol. The Labute approximate surface area is 110 Å². The maximum Gasteiger partial charge on any atom is 0.341 e. The van der Waals surface area contributed by atoms with E-state index in [-0.39, 0.29) is 16.9 Å². The molecule has 0 unspecified atom stereocenters. The van der Waals surface area contributed by atoms with Gasteiger partial charge in [0.1, 0.15) is 5.56 Å². The minimum atomic E-state index is -1.45. The second kappa shape index (κ2) is 4.03. The largest absolute Gasteiger partial charge is 0.503 e. The Bertz CT molecular complexity index is 808. The van der Waals surface area contributed by atoms with Gasteiger partial charge >= 0.3 is 5.97 Å². The monoisotopic (exact) mass is 283 g/mol. The predicted octanol–water partition coefficient (Wildman–Crippen LogP) is 2.02. The zero-order valence-electron chi connectivity index (χ0n) is 10.1. The third-order valence-electron chi connectivity index (χ3n) is 3.35. The number of phenolic OH excluding ortho intramolecular Hbond substituents is 1. The molecule has 1 aromatic carbocycles. The summed E-state index contributed by atoms with van der Waals surface area (Å²) in [7, 11) is 0. The highest BCUT2D eigenvalue weighted by Crippen LogP contribution is 2.40. The number of carboxylic acid groups (broad SMARTS) is 1. The molecule has 1 aliphatic rings. The van der Waals surface area contributed by atoms with Crippen LogP contribution in [-0.4, -0.2) is 20.7 Å². The van der Waals surface area contributed by atoms with Crippen LogP contribution < -0.4 is 5.43 Å². The summed E-state index contributed by atoms with van der Waals surface area (Å²) in [5.41, 5.74) is -1.64. The lowest BCUT2D eigenvalue weighted by Gasteiger charge is -2.13. The summed E-state index contributed by atoms with van der Waals surface area (Å²) in [5.74, 6) is -5.26. The Balaban J connectivity index is 2.52. The number of benzene rings is 1. The van der Waals surface area contributed by atoms with Gasteiger partial charge in [0.25, 0.3) is 0 Å². The molecule has 7 heteroatoms. The second-order valence-corrected chi connectivity index (χ2v) is 4.73. The van der Waals surface area contributed by atoms with Gasteiger partial charge in [0.2, 0.25) is 11.2 Å². The van der Waals surface area contributed by atoms with E-state index in [0.717, 1.165) is 19.0 Å². The number of pyridine rings is 1. The quantitative estimate of drug-likeness (QED) is 0.883. The average molecular weight is 283 g/mol. The number of aromatic carboxylic acids is 1. The number of aromatic hydroxyl groups is 1. The molecule has 2 aromatic rings. The first-order valence-electron chi connectivity index (χ1n) is 5.91. The molecule has 5 nitrogen and oxygen atoms in total. The molecule has 0 spiro atoms. The zero-order valence-corrected chi connectivity index (χ0v) is 10.1. The first-order valence-corrected chi connectivity index (χ1v) is 5.91. The fraction of sp³-hybridized carbons (Fsp3) is 0.231. The van der Waals surface area contributed by atoms with E-state index >= 15 is 0 Å². The first kappa shape index (κ1) is 12.6. The Morgan fingerprint density at radius 2 is 2.05 bits per heavy atom. The second-order valence-electron chi connectivity index (χ2n) is 4.73. The molecule has 20 heavy (non-hydrogen) atoms. The summed E-state index contributed by atoms with van der Waals surface area (Å²) in [5, 5.41) is 18.4. The van der Waals surface area contributed by atoms with Gasteiger partial charge in [-0.2, -0.15) is 4.39 Å². The highest BCUT2D eigenvalue weighted by atomic mass is 19.2. The average Bonchev–Trinajstić information content (AvgIpc) is 3.21. The number of rotatable bonds is 2. The van der Waals surface area contributed by atoms with E-state index in [1.54, 1.807) is 0 Å². The zero-order chi connectivity index (χ0) is 14.6. The van der Waals surface area contributed by atoms with Crippen molar-refractivity contribution in [2.75, 3.05) is 0 Å². The Kier molecular flexibility index (Phi) is 2.53. The minimum Gasteiger partial charge on any atom is -0.503 e. The van der Waals surface area contributed by atoms with E-state index in [1.165, 1.54) is 4.57 Å². The molecule has 0 saturated heterocycles. The van der Waals surface area contributed by atoms with Gasteiger partial charge in [0.05, 0.1) is 10.9 Å². The van der Waals surface area contributed by atoms with Gasteiger partial charge in [-0.3, -0.25) is 4.79 Å². The highest BCUT2D eigenvalue weighted by molar-refractivity contribution is 5.94. The van der Waals surface area contributed by atoms with Crippen molar-refractivity contribution in [3.63, 3.8) is 0 Å². The van der Waals surface area contributed by atoms with Gasteiger partial charge in [-0.25, -0.2) is 9.18 Å². The Morgan fingerprint density at radius 3 is 2.60 bits per heavy atom. The molecule has 0 bridgehead atoms. The van der Waals surface area contributed by atoms with Crippen molar-refractivity contribution in [2.45, 2.75) is 18.9 Å². The number of hydrogen-bond acceptors (Lipinski definition) is 3. The number of halogens is 2. The molecule has 0 amide bonds. The van der Waals surface area contributed by atoms with Gasteiger partial charge in [-0.15, -0.1) is 0 Å². The lowest BCUT2D eigenvalue weighted by Crippen LogP contribution is -2.19. The van der Waals surface area contributed by atoms with Crippen molar-refractivity contribution >= 4 is 16.9 Å². The van der Waals surface area contributed by atoms with Crippen molar-refractivity contribution in [1.82, 2.24) is 4.57 Å². The van der Waals surface area contributed by atoms with E-state index in [9.17, 15) is 23.5 Å². The smallest absolute Gasteiger partial charge is 0.341 e. The van der Waals surface area contributed by atoms with Crippen LogP contribution in [0.25, 0.3) is 10.9 Å². The molecule has 0 atom stereocenters. The molecule has 104 valence electrons. The van der Waals surface area contributed by atoms with Crippen LogP contribution in [0.15, 0.2) is 17.1 Å². The summed E-state index contributed by atoms with van der Waals surface area (Å²) in [6.45, 7) is 0. The normalized spacial score (nSPS) is 14.7. The van der Waals surface area contributed by atoms with E-state index in [2.05, 4.69) is 0 Å². The SMILES string of the molecule is O=C(O)[14c]1cn(C2CC2)c2c(O)c(F)c(F)cc2c1=O. The van der Waals surface area contributed by atoms with Crippen LogP contribution in [0.2, 0.25) is 0 Å². The third-order valence-corrected chi connectivity index (χ3v) is 3.35. The van der Waals surface area contributed by atoms with Crippen LogP contribution in [-0.2, 0) is 0 Å². The van der Waals surface area contributed by atoms with Gasteiger partial charge in [0.15, 0.2) is 11.6 Å². The Hall–Kier alpha value is -2.44. The first-order chi connectivity index (χ1) is 9.41. The molecule has 1 fully saturated rings. The van der Waals surface area contributed by atoms with Crippen LogP contribution in [0.3, 0.4) is 0 Å². The summed E-state index contributed by atoms with van der Waals surface area (Å²) in [6.07, 6.45) is 2.51. The fourth-order valence-corrected chi connectivity index (χ4v) is 2.24. The van der Waals surface area contributed by atoms with Crippen LogP contribution in [0, 0.1) is 11.6 Å². The molecule has 0 aliphatic heterocycles. The van der Waals surface area contributed by atoms with Crippen LogP contribution in [0.5, 0.6) is 5.75 Å². The van der Waals surface area contributed by atoms with E-state index in [4.69, 9.17) is 5.11 Å². The molecule has 2 N–H and O–H groups in total. The summed E-state index contributed by atoms with van der Waals surface area (Å²) in [4.78, 5) is 23.0. The van der Waals surface area contributed by atoms with Gasteiger partial charge in [0, 0.05) is 12.2 Å². The molecule has 1 saturated carbocycles. The number of carboxylic acids is 1. The summed E-state index contributed by atoms with van der Waals surface area (Å²) >= 11 is 0. The van der Waals surface area contributed by atoms with Crippen LogP contribution >= 0.6 is 0 Å². The third kappa shape index (κ3) is 1.66. The number of hydrogen-bond donors (Lipinski definition) is 2. The molecule has 0 radical (unpaired) electrons. The van der Waals surface area contributed by atoms with Gasteiger partial charge in [-0.05, 0) is 18.9 Å². The van der Waals surface area contributed by atoms with Gasteiger partial charge in [-0.1, -0.05) is 0 Å². The van der Waals surface area contributed by atoms with Crippen molar-refractivity contribution in [3.05, 3.63) is 39.7 Å². The van der Waals surface area contributed by atoms with Gasteiger partial charge < -0.3 is 14.8 Å². The van der Waals surface area contributed by atoms with E-state index < -0.39 is 34.3 Å². The van der Waals surface area contributed by atoms with E-state index in [1.807, 2.05) is 0 Å². The number of nitrogens with zero attached hydrogens (tertiary/aromatic N) is 1. The molecule has 1 aliphatic carbocycles. The molecule has 3 rings (SSSR count). The minimum absolute atomic E-state index is 0.119. The standard InChI is InChI=1S/C13H9F2NO4/c14-8-3-6-10(12(18)9(8)15)16(5-1-2-5)4-7(11(6)17)13(19)20/h3-5,18H,1-2H2,(H,19,20)/i7+2. The topological polar surface area (TPSA) is 79.5 Å². The molecule has 1 aromatic heterocycles. The number of aromatic nitrogens is 1. The summed E-state index contributed by atoms with van der Waals surface area (Å²) < 4.78 is 28.1. The summed E-state index contributed by atoms with van der Waals surface area (Å²) in [6, 6.07) is 0.505. The number of carbonyl (C=O) groups is 1. The maximum atomic E-state index is 13.5. The number of fused-ring (bicyclic) bond motifs is 1. The number of phenols is 1.